The van der Waals surface area contributed by atoms with E-state index in [-0.39, 0.29) is 0 Å². The lowest BCUT2D eigenvalue weighted by Crippen LogP contribution is -1.79. The molecule has 0 amide bonds. The van der Waals surface area contributed by atoms with E-state index < -0.39 is 0 Å². The van der Waals surface area contributed by atoms with Crippen molar-refractivity contribution in [3.05, 3.63) is 12.7 Å². The first-order valence-corrected chi connectivity index (χ1v) is 4.37. The van der Waals surface area contributed by atoms with Crippen LogP contribution in [0.15, 0.2) is 12.7 Å². The van der Waals surface area contributed by atoms with E-state index in [0.717, 1.165) is 12.8 Å². The van der Waals surface area contributed by atoms with Gasteiger partial charge in [-0.25, -0.2) is 0 Å². The molecule has 0 atom stereocenters. The van der Waals surface area contributed by atoms with Gasteiger partial charge in [0.05, 0.1) is 0 Å². The van der Waals surface area contributed by atoms with Crippen LogP contribution in [-0.4, -0.2) is 6.29 Å². The summed E-state index contributed by atoms with van der Waals surface area (Å²) in [5.41, 5.74) is 0. The number of unbranched alkanes of at least 4 members (excludes halogenated alkanes) is 6. The smallest absolute Gasteiger partial charge is 0.198 e. The molecule has 0 aromatic heterocycles. The van der Waals surface area contributed by atoms with Crippen LogP contribution in [-0.2, 0) is 4.79 Å². The van der Waals surface area contributed by atoms with Gasteiger partial charge in [0.1, 0.15) is 0 Å². The highest BCUT2D eigenvalue weighted by Crippen LogP contribution is 2.06. The van der Waals surface area contributed by atoms with E-state index in [1.54, 1.807) is 0 Å². The molecule has 0 fully saturated rings. The van der Waals surface area contributed by atoms with Crippen molar-refractivity contribution in [2.24, 2.45) is 0 Å². The lowest BCUT2D eigenvalue weighted by atomic mass is 10.1. The maximum absolute atomic E-state index is 9.80. The Hall–Kier alpha value is -0.590. The molecule has 1 radical (unpaired) electrons. The summed E-state index contributed by atoms with van der Waals surface area (Å²) in [6.45, 7) is 3.66. The highest BCUT2D eigenvalue weighted by Gasteiger charge is 1.88. The molecule has 0 aliphatic heterocycles. The average molecular weight is 153 g/mol. The fraction of sp³-hybridized carbons (Fsp3) is 0.700. The Labute approximate surface area is 69.5 Å². The molecule has 0 saturated carbocycles. The third-order valence-electron chi connectivity index (χ3n) is 1.69. The number of rotatable bonds is 8. The maximum Gasteiger partial charge on any atom is 0.198 e. The van der Waals surface area contributed by atoms with E-state index in [2.05, 4.69) is 6.58 Å². The van der Waals surface area contributed by atoms with Crippen LogP contribution >= 0.6 is 0 Å². The maximum atomic E-state index is 9.80. The molecule has 0 heterocycles. The van der Waals surface area contributed by atoms with Crippen molar-refractivity contribution in [1.29, 1.82) is 0 Å². The van der Waals surface area contributed by atoms with Gasteiger partial charge in [0.15, 0.2) is 6.29 Å². The summed E-state index contributed by atoms with van der Waals surface area (Å²) in [6.07, 6.45) is 11.5. The number of allylic oxidation sites excluding steroid dienone is 1. The molecule has 11 heavy (non-hydrogen) atoms. The van der Waals surface area contributed by atoms with Crippen molar-refractivity contribution in [1.82, 2.24) is 0 Å². The van der Waals surface area contributed by atoms with Gasteiger partial charge in [0.2, 0.25) is 0 Å². The molecular weight excluding hydrogens is 136 g/mol. The predicted molar refractivity (Wildman–Crippen MR) is 48.2 cm³/mol. The fourth-order valence-electron chi connectivity index (χ4n) is 1.02. The van der Waals surface area contributed by atoms with Gasteiger partial charge in [-0.05, 0) is 19.3 Å². The highest BCUT2D eigenvalue weighted by molar-refractivity contribution is 5.50. The van der Waals surface area contributed by atoms with Crippen LogP contribution < -0.4 is 0 Å². The predicted octanol–water partition coefficient (Wildman–Crippen LogP) is 3.01. The molecular formula is C10H17O. The second-order valence-electron chi connectivity index (χ2n) is 2.74. The summed E-state index contributed by atoms with van der Waals surface area (Å²) in [5, 5.41) is 0. The van der Waals surface area contributed by atoms with E-state index in [9.17, 15) is 4.79 Å². The third-order valence-corrected chi connectivity index (χ3v) is 1.69. The van der Waals surface area contributed by atoms with Crippen molar-refractivity contribution in [2.75, 3.05) is 0 Å². The van der Waals surface area contributed by atoms with E-state index in [1.807, 2.05) is 12.4 Å². The van der Waals surface area contributed by atoms with Crippen molar-refractivity contribution < 1.29 is 4.79 Å². The quantitative estimate of drug-likeness (QED) is 0.387. The zero-order valence-corrected chi connectivity index (χ0v) is 7.14. The van der Waals surface area contributed by atoms with Gasteiger partial charge in [0, 0.05) is 6.42 Å². The summed E-state index contributed by atoms with van der Waals surface area (Å²) < 4.78 is 0. The first-order valence-electron chi connectivity index (χ1n) is 4.37. The molecule has 0 aromatic rings. The van der Waals surface area contributed by atoms with Crippen molar-refractivity contribution in [3.8, 4) is 0 Å². The second-order valence-corrected chi connectivity index (χ2v) is 2.74. The van der Waals surface area contributed by atoms with Crippen LogP contribution in [0.2, 0.25) is 0 Å². The largest absolute Gasteiger partial charge is 0.291 e. The minimum Gasteiger partial charge on any atom is -0.291 e. The molecule has 0 unspecified atom stereocenters. The Balaban J connectivity index is 2.79. The van der Waals surface area contributed by atoms with Gasteiger partial charge in [-0.2, -0.15) is 0 Å². The van der Waals surface area contributed by atoms with Crippen LogP contribution in [0.3, 0.4) is 0 Å². The standard InChI is InChI=1S/C10H17O/c1-2-3-4-5-6-7-8-9-10-11/h2H,1,3-9H2. The Bertz CT molecular complexity index is 85.0. The van der Waals surface area contributed by atoms with Crippen LogP contribution in [0.4, 0.5) is 0 Å². The number of carbonyl (C=O) groups excluding carboxylic acids is 1. The Morgan fingerprint density at radius 1 is 1.09 bits per heavy atom. The van der Waals surface area contributed by atoms with Gasteiger partial charge in [-0.15, -0.1) is 6.58 Å². The molecule has 0 saturated heterocycles. The van der Waals surface area contributed by atoms with Crippen LogP contribution in [0.25, 0.3) is 0 Å². The number of hydrogen-bond donors (Lipinski definition) is 0. The minimum atomic E-state index is 0.613. The normalized spacial score (nSPS) is 9.45. The highest BCUT2D eigenvalue weighted by atomic mass is 16.1. The van der Waals surface area contributed by atoms with Gasteiger partial charge >= 0.3 is 0 Å². The summed E-state index contributed by atoms with van der Waals surface area (Å²) in [6, 6.07) is 0. The fourth-order valence-corrected chi connectivity index (χ4v) is 1.02. The molecule has 1 nitrogen and oxygen atoms in total. The first kappa shape index (κ1) is 10.4. The van der Waals surface area contributed by atoms with Gasteiger partial charge in [0.25, 0.3) is 0 Å². The van der Waals surface area contributed by atoms with Crippen LogP contribution in [0.1, 0.15) is 44.9 Å². The molecule has 0 aliphatic rings. The van der Waals surface area contributed by atoms with Gasteiger partial charge in [-0.3, -0.25) is 4.79 Å². The Morgan fingerprint density at radius 3 is 2.36 bits per heavy atom. The summed E-state index contributed by atoms with van der Waals surface area (Å²) in [4.78, 5) is 9.80. The Morgan fingerprint density at radius 2 is 1.73 bits per heavy atom. The first-order chi connectivity index (χ1) is 5.41. The van der Waals surface area contributed by atoms with Crippen molar-refractivity contribution in [2.45, 2.75) is 44.9 Å². The zero-order chi connectivity index (χ0) is 8.36. The SMILES string of the molecule is C=CCCCCCCC[C]=O. The molecule has 0 bridgehead atoms. The van der Waals surface area contributed by atoms with Gasteiger partial charge < -0.3 is 0 Å². The van der Waals surface area contributed by atoms with Gasteiger partial charge in [-0.1, -0.05) is 25.3 Å². The van der Waals surface area contributed by atoms with Crippen molar-refractivity contribution >= 4 is 6.29 Å². The minimum absolute atomic E-state index is 0.613. The lowest BCUT2D eigenvalue weighted by Gasteiger charge is -1.96. The molecule has 0 aromatic carbocycles. The molecule has 0 rings (SSSR count). The average Bonchev–Trinajstić information content (AvgIpc) is 2.03. The van der Waals surface area contributed by atoms with E-state index in [0.29, 0.717) is 6.42 Å². The van der Waals surface area contributed by atoms with Crippen LogP contribution in [0, 0.1) is 0 Å². The molecule has 0 N–H and O–H groups in total. The summed E-state index contributed by atoms with van der Waals surface area (Å²) in [5.74, 6) is 0. The van der Waals surface area contributed by atoms with Crippen molar-refractivity contribution in [3.63, 3.8) is 0 Å². The zero-order valence-electron chi connectivity index (χ0n) is 7.14. The monoisotopic (exact) mass is 153 g/mol. The third kappa shape index (κ3) is 9.41. The van der Waals surface area contributed by atoms with E-state index in [4.69, 9.17) is 0 Å². The topological polar surface area (TPSA) is 17.1 Å². The summed E-state index contributed by atoms with van der Waals surface area (Å²) in [7, 11) is 0. The molecule has 1 heteroatoms. The van der Waals surface area contributed by atoms with E-state index in [1.165, 1.54) is 25.7 Å². The summed E-state index contributed by atoms with van der Waals surface area (Å²) >= 11 is 0. The van der Waals surface area contributed by atoms with E-state index >= 15 is 0 Å². The molecule has 63 valence electrons. The molecule has 0 aliphatic carbocycles. The Kier molecular flexibility index (Phi) is 8.91. The van der Waals surface area contributed by atoms with Crippen LogP contribution in [0.5, 0.6) is 0 Å². The molecule has 0 spiro atoms. The lowest BCUT2D eigenvalue weighted by molar-refractivity contribution is 0.542. The number of hydrogen-bond acceptors (Lipinski definition) is 1. The second kappa shape index (κ2) is 9.41.